The van der Waals surface area contributed by atoms with Crippen molar-refractivity contribution < 1.29 is 9.47 Å². The van der Waals surface area contributed by atoms with Crippen LogP contribution >= 0.6 is 0 Å². The average molecular weight is 437 g/mol. The number of benzene rings is 2. The van der Waals surface area contributed by atoms with Gasteiger partial charge in [-0.25, -0.2) is 4.99 Å². The van der Waals surface area contributed by atoms with E-state index in [4.69, 9.17) is 14.5 Å². The van der Waals surface area contributed by atoms with Gasteiger partial charge in [0.25, 0.3) is 0 Å². The molecule has 6 heteroatoms. The number of rotatable bonds is 8. The number of aliphatic imine (C=N–C) groups is 1. The summed E-state index contributed by atoms with van der Waals surface area (Å²) in [7, 11) is 2.18. The smallest absolute Gasteiger partial charge is 0.198 e. The monoisotopic (exact) mass is 436 g/mol. The molecular formula is C26H36N4O2. The highest BCUT2D eigenvalue weighted by molar-refractivity contribution is 5.97. The Morgan fingerprint density at radius 2 is 2.03 bits per heavy atom. The first-order valence-electron chi connectivity index (χ1n) is 11.9. The molecule has 32 heavy (non-hydrogen) atoms. The number of para-hydroxylation sites is 1. The first-order valence-corrected chi connectivity index (χ1v) is 11.9. The van der Waals surface area contributed by atoms with E-state index in [9.17, 15) is 0 Å². The van der Waals surface area contributed by atoms with Gasteiger partial charge in [0, 0.05) is 44.6 Å². The van der Waals surface area contributed by atoms with Crippen molar-refractivity contribution >= 4 is 11.6 Å². The van der Waals surface area contributed by atoms with Crippen LogP contribution in [0.4, 0.5) is 5.69 Å². The van der Waals surface area contributed by atoms with Gasteiger partial charge in [0.1, 0.15) is 12.4 Å². The number of fused-ring (bicyclic) bond motifs is 1. The van der Waals surface area contributed by atoms with E-state index in [1.807, 2.05) is 6.07 Å². The Kier molecular flexibility index (Phi) is 8.02. The highest BCUT2D eigenvalue weighted by atomic mass is 16.5. The van der Waals surface area contributed by atoms with Gasteiger partial charge in [-0.1, -0.05) is 30.3 Å². The summed E-state index contributed by atoms with van der Waals surface area (Å²) in [6, 6.07) is 17.5. The molecule has 172 valence electrons. The summed E-state index contributed by atoms with van der Waals surface area (Å²) in [5, 5.41) is 3.46. The highest BCUT2D eigenvalue weighted by Gasteiger charge is 2.22. The lowest BCUT2D eigenvalue weighted by Gasteiger charge is -2.31. The quantitative estimate of drug-likeness (QED) is 0.505. The van der Waals surface area contributed by atoms with Crippen molar-refractivity contribution in [2.24, 2.45) is 4.99 Å². The molecule has 4 rings (SSSR count). The van der Waals surface area contributed by atoms with Crippen LogP contribution in [0.15, 0.2) is 53.5 Å². The minimum Gasteiger partial charge on any atom is -0.492 e. The van der Waals surface area contributed by atoms with Crippen molar-refractivity contribution in [3.8, 4) is 5.75 Å². The molecular weight excluding hydrogens is 400 g/mol. The molecule has 0 spiro atoms. The van der Waals surface area contributed by atoms with Crippen LogP contribution in [0.1, 0.15) is 30.9 Å². The van der Waals surface area contributed by atoms with Crippen LogP contribution in [0.5, 0.6) is 5.75 Å². The van der Waals surface area contributed by atoms with Crippen LogP contribution in [0.2, 0.25) is 0 Å². The first kappa shape index (κ1) is 22.6. The van der Waals surface area contributed by atoms with Crippen molar-refractivity contribution in [1.29, 1.82) is 0 Å². The molecule has 0 amide bonds. The molecule has 1 N–H and O–H groups in total. The van der Waals surface area contributed by atoms with E-state index in [0.29, 0.717) is 19.2 Å². The van der Waals surface area contributed by atoms with Crippen molar-refractivity contribution in [2.75, 3.05) is 51.4 Å². The van der Waals surface area contributed by atoms with E-state index >= 15 is 0 Å². The lowest BCUT2D eigenvalue weighted by molar-refractivity contribution is 0.0392. The highest BCUT2D eigenvalue weighted by Crippen LogP contribution is 2.27. The molecule has 0 aliphatic carbocycles. The second-order valence-electron chi connectivity index (χ2n) is 8.52. The van der Waals surface area contributed by atoms with E-state index < -0.39 is 0 Å². The third-order valence-electron chi connectivity index (χ3n) is 6.31. The van der Waals surface area contributed by atoms with Crippen molar-refractivity contribution in [2.45, 2.75) is 38.8 Å². The second kappa shape index (κ2) is 11.3. The summed E-state index contributed by atoms with van der Waals surface area (Å²) in [5.74, 6) is 1.86. The standard InChI is InChI=1S/C26H36N4O2/c1-3-27-26(30-14-11-22-8-4-5-10-25(22)30)28-20-21-7-6-9-24(19-21)32-18-15-29(2)23-12-16-31-17-13-23/h4-10,19,23H,3,11-18,20H2,1-2H3,(H,27,28). The van der Waals surface area contributed by atoms with Crippen LogP contribution in [0, 0.1) is 0 Å². The Morgan fingerprint density at radius 1 is 1.19 bits per heavy atom. The third-order valence-corrected chi connectivity index (χ3v) is 6.31. The molecule has 2 aromatic carbocycles. The van der Waals surface area contributed by atoms with E-state index in [-0.39, 0.29) is 0 Å². The third kappa shape index (κ3) is 5.81. The Labute approximate surface area is 192 Å². The fourth-order valence-electron chi connectivity index (χ4n) is 4.47. The fourth-order valence-corrected chi connectivity index (χ4v) is 4.47. The number of hydrogen-bond acceptors (Lipinski definition) is 4. The summed E-state index contributed by atoms with van der Waals surface area (Å²) in [6.45, 7) is 7.91. The Morgan fingerprint density at radius 3 is 2.88 bits per heavy atom. The maximum absolute atomic E-state index is 6.06. The minimum atomic E-state index is 0.605. The summed E-state index contributed by atoms with van der Waals surface area (Å²) in [4.78, 5) is 9.62. The van der Waals surface area contributed by atoms with Gasteiger partial charge in [-0.2, -0.15) is 0 Å². The molecule has 2 aromatic rings. The largest absolute Gasteiger partial charge is 0.492 e. The molecule has 0 radical (unpaired) electrons. The summed E-state index contributed by atoms with van der Waals surface area (Å²) in [6.07, 6.45) is 3.28. The van der Waals surface area contributed by atoms with Gasteiger partial charge >= 0.3 is 0 Å². The van der Waals surface area contributed by atoms with Crippen molar-refractivity contribution in [3.05, 3.63) is 59.7 Å². The van der Waals surface area contributed by atoms with Crippen LogP contribution in [-0.4, -0.2) is 63.4 Å². The van der Waals surface area contributed by atoms with Gasteiger partial charge in [0.2, 0.25) is 0 Å². The molecule has 0 saturated carbocycles. The molecule has 0 atom stereocenters. The van der Waals surface area contributed by atoms with Gasteiger partial charge in [0.05, 0.1) is 6.54 Å². The van der Waals surface area contributed by atoms with Crippen LogP contribution < -0.4 is 15.0 Å². The van der Waals surface area contributed by atoms with Gasteiger partial charge in [0.15, 0.2) is 5.96 Å². The molecule has 2 heterocycles. The number of likely N-dealkylation sites (N-methyl/N-ethyl adjacent to an activating group) is 1. The van der Waals surface area contributed by atoms with E-state index in [1.54, 1.807) is 0 Å². The molecule has 1 fully saturated rings. The SMILES string of the molecule is CCNC(=NCc1cccc(OCCN(C)C2CCOCC2)c1)N1CCc2ccccc21. The Balaban J connectivity index is 1.33. The number of ether oxygens (including phenoxy) is 2. The zero-order chi connectivity index (χ0) is 22.2. The van der Waals surface area contributed by atoms with E-state index in [0.717, 1.165) is 69.4 Å². The van der Waals surface area contributed by atoms with Crippen molar-refractivity contribution in [3.63, 3.8) is 0 Å². The predicted octanol–water partition coefficient (Wildman–Crippen LogP) is 3.70. The van der Waals surface area contributed by atoms with Crippen LogP contribution in [0.3, 0.4) is 0 Å². The number of guanidine groups is 1. The summed E-state index contributed by atoms with van der Waals surface area (Å²) in [5.41, 5.74) is 3.81. The molecule has 0 bridgehead atoms. The second-order valence-corrected chi connectivity index (χ2v) is 8.52. The fraction of sp³-hybridized carbons (Fsp3) is 0.500. The predicted molar refractivity (Wildman–Crippen MR) is 131 cm³/mol. The average Bonchev–Trinajstić information content (AvgIpc) is 3.27. The molecule has 0 aromatic heterocycles. The molecule has 2 aliphatic heterocycles. The lowest BCUT2D eigenvalue weighted by Crippen LogP contribution is -2.40. The maximum atomic E-state index is 6.06. The van der Waals surface area contributed by atoms with Gasteiger partial charge in [-0.05, 0) is 62.6 Å². The topological polar surface area (TPSA) is 49.3 Å². The number of anilines is 1. The van der Waals surface area contributed by atoms with Crippen molar-refractivity contribution in [1.82, 2.24) is 10.2 Å². The van der Waals surface area contributed by atoms with Gasteiger partial charge in [-0.15, -0.1) is 0 Å². The number of hydrogen-bond donors (Lipinski definition) is 1. The number of nitrogens with one attached hydrogen (secondary N) is 1. The Hall–Kier alpha value is -2.57. The number of nitrogens with zero attached hydrogens (tertiary/aromatic N) is 3. The zero-order valence-electron chi connectivity index (χ0n) is 19.4. The minimum absolute atomic E-state index is 0.605. The molecule has 1 saturated heterocycles. The van der Waals surface area contributed by atoms with Crippen LogP contribution in [-0.2, 0) is 17.7 Å². The first-order chi connectivity index (χ1) is 15.7. The van der Waals surface area contributed by atoms with Crippen LogP contribution in [0.25, 0.3) is 0 Å². The summed E-state index contributed by atoms with van der Waals surface area (Å²) < 4.78 is 11.5. The maximum Gasteiger partial charge on any atom is 0.198 e. The Bertz CT molecular complexity index is 895. The van der Waals surface area contributed by atoms with E-state index in [1.165, 1.54) is 11.3 Å². The van der Waals surface area contributed by atoms with Gasteiger partial charge in [-0.3, -0.25) is 4.90 Å². The van der Waals surface area contributed by atoms with Gasteiger partial charge < -0.3 is 19.7 Å². The molecule has 2 aliphatic rings. The molecule has 6 nitrogen and oxygen atoms in total. The summed E-state index contributed by atoms with van der Waals surface area (Å²) >= 11 is 0. The normalized spacial score (nSPS) is 17.0. The molecule has 0 unspecified atom stereocenters. The zero-order valence-corrected chi connectivity index (χ0v) is 19.4. The van der Waals surface area contributed by atoms with E-state index in [2.05, 4.69) is 71.6 Å². The lowest BCUT2D eigenvalue weighted by atomic mass is 10.1.